The standard InChI is InChI=1S/C40H73NO5/c1-3-5-7-9-11-12-13-14-15-16-17-18-19-20-21-22-23-25-31-35-40(45)46-37(32-28-24-10-8-6-4-2)33-29-26-27-30-34-38(42)41-36-39(43)44/h8,10,28,32,37H,3-7,9,11-27,29-31,33-36H2,1-2H3,(H,41,42)(H,43,44)/b10-8-,32-28-. The van der Waals surface area contributed by atoms with Crippen LogP contribution in [-0.2, 0) is 19.1 Å². The molecule has 2 N–H and O–H groups in total. The topological polar surface area (TPSA) is 92.7 Å². The van der Waals surface area contributed by atoms with Crippen molar-refractivity contribution in [3.8, 4) is 0 Å². The molecule has 6 nitrogen and oxygen atoms in total. The summed E-state index contributed by atoms with van der Waals surface area (Å²) >= 11 is 0. The fourth-order valence-electron chi connectivity index (χ4n) is 5.71. The number of rotatable bonds is 35. The fourth-order valence-corrected chi connectivity index (χ4v) is 5.71. The molecule has 0 heterocycles. The summed E-state index contributed by atoms with van der Waals surface area (Å²) in [7, 11) is 0. The highest BCUT2D eigenvalue weighted by Gasteiger charge is 2.12. The number of aliphatic carboxylic acids is 1. The van der Waals surface area contributed by atoms with E-state index < -0.39 is 5.97 Å². The van der Waals surface area contributed by atoms with E-state index in [1.54, 1.807) is 0 Å². The lowest BCUT2D eigenvalue weighted by atomic mass is 10.0. The van der Waals surface area contributed by atoms with Crippen LogP contribution in [0.3, 0.4) is 0 Å². The minimum absolute atomic E-state index is 0.0988. The van der Waals surface area contributed by atoms with Crippen LogP contribution in [0.1, 0.15) is 200 Å². The number of unbranched alkanes of at least 4 members (excludes halogenated alkanes) is 22. The highest BCUT2D eigenvalue weighted by Crippen LogP contribution is 2.16. The van der Waals surface area contributed by atoms with E-state index >= 15 is 0 Å². The molecule has 0 aliphatic heterocycles. The zero-order chi connectivity index (χ0) is 33.8. The van der Waals surface area contributed by atoms with Crippen LogP contribution in [0.15, 0.2) is 24.3 Å². The molecular formula is C40H73NO5. The van der Waals surface area contributed by atoms with Crippen molar-refractivity contribution in [3.05, 3.63) is 24.3 Å². The third kappa shape index (κ3) is 34.8. The summed E-state index contributed by atoms with van der Waals surface area (Å²) in [6.45, 7) is 4.12. The van der Waals surface area contributed by atoms with E-state index in [1.807, 2.05) is 6.08 Å². The number of carbonyl (C=O) groups excluding carboxylic acids is 2. The second kappa shape index (κ2) is 35.7. The van der Waals surface area contributed by atoms with Crippen LogP contribution in [0.4, 0.5) is 0 Å². The van der Waals surface area contributed by atoms with Crippen LogP contribution >= 0.6 is 0 Å². The number of carboxylic acids is 1. The number of allylic oxidation sites excluding steroid dienone is 3. The van der Waals surface area contributed by atoms with Crippen molar-refractivity contribution in [2.45, 2.75) is 206 Å². The van der Waals surface area contributed by atoms with Gasteiger partial charge < -0.3 is 15.2 Å². The number of hydrogen-bond donors (Lipinski definition) is 2. The van der Waals surface area contributed by atoms with Gasteiger partial charge in [0.2, 0.25) is 5.91 Å². The Bertz CT molecular complexity index is 763. The Balaban J connectivity index is 3.92. The highest BCUT2D eigenvalue weighted by atomic mass is 16.5. The van der Waals surface area contributed by atoms with Gasteiger partial charge in [-0.15, -0.1) is 0 Å². The van der Waals surface area contributed by atoms with Crippen molar-refractivity contribution in [2.75, 3.05) is 6.54 Å². The van der Waals surface area contributed by atoms with Crippen molar-refractivity contribution in [1.29, 1.82) is 0 Å². The van der Waals surface area contributed by atoms with Gasteiger partial charge >= 0.3 is 11.9 Å². The third-order valence-corrected chi connectivity index (χ3v) is 8.59. The maximum absolute atomic E-state index is 12.6. The monoisotopic (exact) mass is 648 g/mol. The quantitative estimate of drug-likeness (QED) is 0.0405. The van der Waals surface area contributed by atoms with E-state index in [0.717, 1.165) is 64.2 Å². The second-order valence-corrected chi connectivity index (χ2v) is 13.2. The molecule has 0 aromatic rings. The maximum Gasteiger partial charge on any atom is 0.322 e. The normalized spacial score (nSPS) is 12.2. The van der Waals surface area contributed by atoms with Crippen LogP contribution in [0.5, 0.6) is 0 Å². The van der Waals surface area contributed by atoms with Crippen molar-refractivity contribution in [3.63, 3.8) is 0 Å². The number of carbonyl (C=O) groups is 3. The van der Waals surface area contributed by atoms with Crippen molar-refractivity contribution in [2.24, 2.45) is 0 Å². The molecule has 0 rings (SSSR count). The van der Waals surface area contributed by atoms with E-state index in [0.29, 0.717) is 12.8 Å². The van der Waals surface area contributed by atoms with E-state index in [9.17, 15) is 14.4 Å². The molecule has 46 heavy (non-hydrogen) atoms. The summed E-state index contributed by atoms with van der Waals surface area (Å²) in [6, 6.07) is 0. The molecule has 1 atom stereocenters. The predicted octanol–water partition coefficient (Wildman–Crippen LogP) is 11.6. The van der Waals surface area contributed by atoms with Gasteiger partial charge in [-0.1, -0.05) is 167 Å². The molecule has 0 aromatic heterocycles. The summed E-state index contributed by atoms with van der Waals surface area (Å²) < 4.78 is 5.84. The van der Waals surface area contributed by atoms with E-state index in [-0.39, 0.29) is 24.5 Å². The minimum atomic E-state index is -1.03. The van der Waals surface area contributed by atoms with E-state index in [2.05, 4.69) is 37.4 Å². The molecule has 0 fully saturated rings. The molecule has 1 amide bonds. The van der Waals surface area contributed by atoms with Crippen LogP contribution < -0.4 is 5.32 Å². The molecule has 0 saturated heterocycles. The average molecular weight is 648 g/mol. The Morgan fingerprint density at radius 2 is 1.07 bits per heavy atom. The van der Waals surface area contributed by atoms with Crippen molar-refractivity contribution < 1.29 is 24.2 Å². The lowest BCUT2D eigenvalue weighted by Crippen LogP contribution is -2.28. The molecule has 1 unspecified atom stereocenters. The molecule has 0 bridgehead atoms. The van der Waals surface area contributed by atoms with Gasteiger partial charge in [0.05, 0.1) is 0 Å². The Morgan fingerprint density at radius 3 is 1.57 bits per heavy atom. The molecule has 0 aromatic carbocycles. The van der Waals surface area contributed by atoms with Crippen molar-refractivity contribution in [1.82, 2.24) is 5.32 Å². The fraction of sp³-hybridized carbons (Fsp3) is 0.825. The first kappa shape index (κ1) is 43.9. The average Bonchev–Trinajstić information content (AvgIpc) is 3.04. The van der Waals surface area contributed by atoms with Gasteiger partial charge in [0, 0.05) is 12.8 Å². The number of ether oxygens (including phenoxy) is 1. The maximum atomic E-state index is 12.6. The van der Waals surface area contributed by atoms with Gasteiger partial charge in [0.1, 0.15) is 12.6 Å². The van der Waals surface area contributed by atoms with Gasteiger partial charge in [-0.2, -0.15) is 0 Å². The number of esters is 1. The molecule has 0 aliphatic rings. The molecule has 268 valence electrons. The SMILES string of the molecule is CCC/C=C\C/C=C\C(CCCCCCC(=O)NCC(=O)O)OC(=O)CCCCCCCCCCCCCCCCCCCCC. The lowest BCUT2D eigenvalue weighted by molar-refractivity contribution is -0.147. The summed E-state index contributed by atoms with van der Waals surface area (Å²) in [5.74, 6) is -1.35. The zero-order valence-corrected chi connectivity index (χ0v) is 30.2. The Labute approximate surface area is 284 Å². The molecule has 0 aliphatic carbocycles. The number of amides is 1. The first-order valence-electron chi connectivity index (χ1n) is 19.5. The van der Waals surface area contributed by atoms with Crippen LogP contribution in [0, 0.1) is 0 Å². The lowest BCUT2D eigenvalue weighted by Gasteiger charge is -2.14. The molecule has 6 heteroatoms. The summed E-state index contributed by atoms with van der Waals surface area (Å²) in [5, 5.41) is 11.0. The Morgan fingerprint density at radius 1 is 0.587 bits per heavy atom. The van der Waals surface area contributed by atoms with E-state index in [4.69, 9.17) is 9.84 Å². The molecular weight excluding hydrogens is 574 g/mol. The van der Waals surface area contributed by atoms with Gasteiger partial charge in [0.25, 0.3) is 0 Å². The van der Waals surface area contributed by atoms with Gasteiger partial charge in [-0.05, 0) is 44.6 Å². The Kier molecular flexibility index (Phi) is 34.1. The Hall–Kier alpha value is -2.11. The van der Waals surface area contributed by atoms with Crippen LogP contribution in [0.25, 0.3) is 0 Å². The number of carboxylic acid groups (broad SMARTS) is 1. The molecule has 0 radical (unpaired) electrons. The van der Waals surface area contributed by atoms with Gasteiger partial charge in [-0.3, -0.25) is 14.4 Å². The number of nitrogens with one attached hydrogen (secondary N) is 1. The summed E-state index contributed by atoms with van der Waals surface area (Å²) in [5.41, 5.74) is 0. The smallest absolute Gasteiger partial charge is 0.322 e. The summed E-state index contributed by atoms with van der Waals surface area (Å²) in [4.78, 5) is 34.8. The predicted molar refractivity (Wildman–Crippen MR) is 194 cm³/mol. The van der Waals surface area contributed by atoms with Crippen LogP contribution in [0.2, 0.25) is 0 Å². The molecule has 0 saturated carbocycles. The van der Waals surface area contributed by atoms with E-state index in [1.165, 1.54) is 109 Å². The first-order chi connectivity index (χ1) is 22.5. The second-order valence-electron chi connectivity index (χ2n) is 13.2. The largest absolute Gasteiger partial charge is 0.480 e. The minimum Gasteiger partial charge on any atom is -0.480 e. The van der Waals surface area contributed by atoms with Gasteiger partial charge in [0.15, 0.2) is 0 Å². The van der Waals surface area contributed by atoms with Gasteiger partial charge in [-0.25, -0.2) is 0 Å². The van der Waals surface area contributed by atoms with Crippen molar-refractivity contribution >= 4 is 17.8 Å². The number of hydrogen-bond acceptors (Lipinski definition) is 4. The third-order valence-electron chi connectivity index (χ3n) is 8.59. The highest BCUT2D eigenvalue weighted by molar-refractivity contribution is 5.80. The summed E-state index contributed by atoms with van der Waals surface area (Å²) in [6.07, 6.45) is 41.9. The van der Waals surface area contributed by atoms with Crippen LogP contribution in [-0.4, -0.2) is 35.6 Å². The zero-order valence-electron chi connectivity index (χ0n) is 30.2. The molecule has 0 spiro atoms. The first-order valence-corrected chi connectivity index (χ1v) is 19.5.